The lowest BCUT2D eigenvalue weighted by Gasteiger charge is -2.17. The zero-order valence-electron chi connectivity index (χ0n) is 9.60. The summed E-state index contributed by atoms with van der Waals surface area (Å²) in [6.07, 6.45) is 0.441. The molecule has 0 saturated carbocycles. The van der Waals surface area contributed by atoms with E-state index >= 15 is 0 Å². The summed E-state index contributed by atoms with van der Waals surface area (Å²) in [4.78, 5) is 17.8. The van der Waals surface area contributed by atoms with E-state index in [2.05, 4.69) is 4.98 Å². The summed E-state index contributed by atoms with van der Waals surface area (Å²) in [6.45, 7) is 4.52. The number of aromatic nitrogens is 1. The number of nitrogens with zero attached hydrogens (tertiary/aromatic N) is 2. The van der Waals surface area contributed by atoms with Crippen LogP contribution in [0.2, 0.25) is 0 Å². The quantitative estimate of drug-likeness (QED) is 0.810. The molecular formula is C12H16N2O2. The number of pyridine rings is 1. The molecule has 1 atom stereocenters. The van der Waals surface area contributed by atoms with Gasteiger partial charge in [-0.2, -0.15) is 0 Å². The number of aryl methyl sites for hydroxylation is 2. The Balaban J connectivity index is 2.27. The second-order valence-corrected chi connectivity index (χ2v) is 4.37. The van der Waals surface area contributed by atoms with Crippen LogP contribution in [0, 0.1) is 19.8 Å². The molecule has 2 heterocycles. The van der Waals surface area contributed by atoms with Crippen molar-refractivity contribution in [1.29, 1.82) is 0 Å². The zero-order valence-corrected chi connectivity index (χ0v) is 9.60. The first-order valence-corrected chi connectivity index (χ1v) is 5.46. The van der Waals surface area contributed by atoms with E-state index in [0.717, 1.165) is 17.1 Å². The third kappa shape index (κ3) is 2.07. The predicted octanol–water partition coefficient (Wildman–Crippen LogP) is 1.04. The Labute approximate surface area is 94.9 Å². The fourth-order valence-corrected chi connectivity index (χ4v) is 2.12. The summed E-state index contributed by atoms with van der Waals surface area (Å²) in [5.74, 6) is 0.158. The maximum atomic E-state index is 11.8. The molecule has 1 aliphatic heterocycles. The van der Waals surface area contributed by atoms with Crippen LogP contribution in [0.3, 0.4) is 0 Å². The fraction of sp³-hybridized carbons (Fsp3) is 0.500. The number of hydrogen-bond acceptors (Lipinski definition) is 3. The average molecular weight is 220 g/mol. The molecule has 4 nitrogen and oxygen atoms in total. The number of aliphatic hydroxyl groups excluding tert-OH is 1. The van der Waals surface area contributed by atoms with E-state index in [4.69, 9.17) is 5.11 Å². The highest BCUT2D eigenvalue weighted by atomic mass is 16.3. The van der Waals surface area contributed by atoms with Gasteiger partial charge < -0.3 is 10.0 Å². The molecule has 1 aliphatic rings. The summed E-state index contributed by atoms with van der Waals surface area (Å²) in [6, 6.07) is 3.81. The summed E-state index contributed by atoms with van der Waals surface area (Å²) in [5.41, 5.74) is 2.72. The number of hydrogen-bond donors (Lipinski definition) is 1. The highest BCUT2D eigenvalue weighted by Crippen LogP contribution is 2.25. The second kappa shape index (κ2) is 4.22. The van der Waals surface area contributed by atoms with Gasteiger partial charge in [-0.1, -0.05) is 0 Å². The monoisotopic (exact) mass is 220 g/mol. The van der Waals surface area contributed by atoms with Gasteiger partial charge in [0.05, 0.1) is 0 Å². The van der Waals surface area contributed by atoms with Crippen LogP contribution in [0.15, 0.2) is 12.1 Å². The van der Waals surface area contributed by atoms with E-state index < -0.39 is 0 Å². The lowest BCUT2D eigenvalue weighted by molar-refractivity contribution is -0.117. The molecule has 1 N–H and O–H groups in total. The van der Waals surface area contributed by atoms with E-state index in [1.807, 2.05) is 26.0 Å². The normalized spacial score (nSPS) is 20.6. The number of amides is 1. The van der Waals surface area contributed by atoms with Crippen LogP contribution < -0.4 is 4.90 Å². The number of rotatable bonds is 2. The first-order chi connectivity index (χ1) is 7.60. The van der Waals surface area contributed by atoms with Crippen LogP contribution >= 0.6 is 0 Å². The Morgan fingerprint density at radius 2 is 2.06 bits per heavy atom. The molecule has 1 unspecified atom stereocenters. The van der Waals surface area contributed by atoms with Crippen LogP contribution in [-0.4, -0.2) is 29.1 Å². The summed E-state index contributed by atoms with van der Waals surface area (Å²) in [5, 5.41) is 9.07. The Bertz CT molecular complexity index is 397. The molecule has 1 aromatic rings. The van der Waals surface area contributed by atoms with Gasteiger partial charge in [-0.05, 0) is 26.0 Å². The third-order valence-electron chi connectivity index (χ3n) is 2.84. The van der Waals surface area contributed by atoms with Crippen LogP contribution in [0.4, 0.5) is 5.69 Å². The lowest BCUT2D eigenvalue weighted by atomic mass is 10.1. The van der Waals surface area contributed by atoms with Crippen molar-refractivity contribution in [3.63, 3.8) is 0 Å². The van der Waals surface area contributed by atoms with Gasteiger partial charge in [-0.3, -0.25) is 9.78 Å². The first kappa shape index (κ1) is 11.1. The van der Waals surface area contributed by atoms with Gasteiger partial charge in [0.2, 0.25) is 5.91 Å². The Hall–Kier alpha value is -1.42. The molecule has 4 heteroatoms. The van der Waals surface area contributed by atoms with Gasteiger partial charge in [-0.15, -0.1) is 0 Å². The average Bonchev–Trinajstić information content (AvgIpc) is 2.58. The fourth-order valence-electron chi connectivity index (χ4n) is 2.12. The smallest absolute Gasteiger partial charge is 0.227 e. The van der Waals surface area contributed by atoms with Gasteiger partial charge in [0.1, 0.15) is 0 Å². The largest absolute Gasteiger partial charge is 0.396 e. The van der Waals surface area contributed by atoms with Crippen molar-refractivity contribution in [2.24, 2.45) is 5.92 Å². The molecule has 0 bridgehead atoms. The van der Waals surface area contributed by atoms with E-state index in [-0.39, 0.29) is 18.4 Å². The van der Waals surface area contributed by atoms with E-state index in [1.54, 1.807) is 4.90 Å². The predicted molar refractivity (Wildman–Crippen MR) is 61.3 cm³/mol. The van der Waals surface area contributed by atoms with E-state index in [9.17, 15) is 4.79 Å². The lowest BCUT2D eigenvalue weighted by Crippen LogP contribution is -2.25. The minimum Gasteiger partial charge on any atom is -0.396 e. The highest BCUT2D eigenvalue weighted by molar-refractivity contribution is 5.95. The van der Waals surface area contributed by atoms with Crippen molar-refractivity contribution in [1.82, 2.24) is 4.98 Å². The van der Waals surface area contributed by atoms with Crippen LogP contribution in [0.25, 0.3) is 0 Å². The Morgan fingerprint density at radius 1 is 1.44 bits per heavy atom. The van der Waals surface area contributed by atoms with Gasteiger partial charge in [-0.25, -0.2) is 0 Å². The molecule has 1 aromatic heterocycles. The van der Waals surface area contributed by atoms with Crippen molar-refractivity contribution < 1.29 is 9.90 Å². The van der Waals surface area contributed by atoms with Gasteiger partial charge in [0.15, 0.2) is 0 Å². The maximum Gasteiger partial charge on any atom is 0.227 e. The Morgan fingerprint density at radius 3 is 2.56 bits per heavy atom. The Kier molecular flexibility index (Phi) is 2.92. The van der Waals surface area contributed by atoms with Crippen LogP contribution in [0.5, 0.6) is 0 Å². The molecular weight excluding hydrogens is 204 g/mol. The minimum absolute atomic E-state index is 0.0706. The number of carbonyl (C=O) groups excluding carboxylic acids is 1. The summed E-state index contributed by atoms with van der Waals surface area (Å²) >= 11 is 0. The molecule has 1 saturated heterocycles. The topological polar surface area (TPSA) is 53.4 Å². The minimum atomic E-state index is 0.0706. The molecule has 16 heavy (non-hydrogen) atoms. The van der Waals surface area contributed by atoms with Crippen molar-refractivity contribution >= 4 is 11.6 Å². The number of carbonyl (C=O) groups is 1. The second-order valence-electron chi connectivity index (χ2n) is 4.37. The van der Waals surface area contributed by atoms with Gasteiger partial charge >= 0.3 is 0 Å². The van der Waals surface area contributed by atoms with Crippen LogP contribution in [-0.2, 0) is 4.79 Å². The molecule has 1 amide bonds. The molecule has 2 rings (SSSR count). The van der Waals surface area contributed by atoms with E-state index in [0.29, 0.717) is 13.0 Å². The van der Waals surface area contributed by atoms with Crippen molar-refractivity contribution in [2.75, 3.05) is 18.1 Å². The maximum absolute atomic E-state index is 11.8. The highest BCUT2D eigenvalue weighted by Gasteiger charge is 2.30. The van der Waals surface area contributed by atoms with Crippen molar-refractivity contribution in [3.05, 3.63) is 23.5 Å². The molecule has 1 fully saturated rings. The molecule has 0 aromatic carbocycles. The summed E-state index contributed by atoms with van der Waals surface area (Å²) < 4.78 is 0. The SMILES string of the molecule is Cc1cc(N2CC(CO)CC2=O)cc(C)n1. The summed E-state index contributed by atoms with van der Waals surface area (Å²) in [7, 11) is 0. The molecule has 0 radical (unpaired) electrons. The van der Waals surface area contributed by atoms with Gasteiger partial charge in [0, 0.05) is 42.6 Å². The molecule has 0 aliphatic carbocycles. The molecule has 86 valence electrons. The van der Waals surface area contributed by atoms with Crippen LogP contribution in [0.1, 0.15) is 17.8 Å². The van der Waals surface area contributed by atoms with Gasteiger partial charge in [0.25, 0.3) is 0 Å². The van der Waals surface area contributed by atoms with Crippen molar-refractivity contribution in [3.8, 4) is 0 Å². The zero-order chi connectivity index (χ0) is 11.7. The number of aliphatic hydroxyl groups is 1. The standard InChI is InChI=1S/C12H16N2O2/c1-8-3-11(4-9(2)13-8)14-6-10(7-15)5-12(14)16/h3-4,10,15H,5-7H2,1-2H3. The van der Waals surface area contributed by atoms with Crippen molar-refractivity contribution in [2.45, 2.75) is 20.3 Å². The van der Waals surface area contributed by atoms with E-state index in [1.165, 1.54) is 0 Å². The molecule has 0 spiro atoms. The third-order valence-corrected chi connectivity index (χ3v) is 2.84. The number of anilines is 1. The first-order valence-electron chi connectivity index (χ1n) is 5.46.